The summed E-state index contributed by atoms with van der Waals surface area (Å²) >= 11 is 0. The van der Waals surface area contributed by atoms with Crippen LogP contribution in [0.1, 0.15) is 25.7 Å². The number of carboxylic acids is 2. The molecule has 0 unspecified atom stereocenters. The third kappa shape index (κ3) is 0.779. The van der Waals surface area contributed by atoms with E-state index in [2.05, 4.69) is 0 Å². The van der Waals surface area contributed by atoms with Crippen molar-refractivity contribution < 1.29 is 19.8 Å². The topological polar surface area (TPSA) is 74.6 Å². The molecule has 2 N–H and O–H groups in total. The molecule has 0 aromatic rings. The van der Waals surface area contributed by atoms with E-state index in [-0.39, 0.29) is 0 Å². The first-order valence-electron chi connectivity index (χ1n) is 5.82. The van der Waals surface area contributed by atoms with Crippen molar-refractivity contribution in [2.45, 2.75) is 25.7 Å². The van der Waals surface area contributed by atoms with E-state index in [0.717, 1.165) is 0 Å². The quantitative estimate of drug-likeness (QED) is 0.564. The highest BCUT2D eigenvalue weighted by molar-refractivity contribution is 6.06. The third-order valence-electron chi connectivity index (χ3n) is 5.13. The molecule has 0 bridgehead atoms. The second kappa shape index (κ2) is 2.81. The van der Waals surface area contributed by atoms with Gasteiger partial charge in [0.25, 0.3) is 0 Å². The van der Waals surface area contributed by atoms with Crippen LogP contribution in [0.3, 0.4) is 0 Å². The molecule has 0 heterocycles. The lowest BCUT2D eigenvalue weighted by atomic mass is 9.76. The van der Waals surface area contributed by atoms with Crippen LogP contribution < -0.4 is 0 Å². The summed E-state index contributed by atoms with van der Waals surface area (Å²) in [5.74, 6) is -2.34. The highest BCUT2D eigenvalue weighted by Gasteiger charge is 2.92. The molecular weight excluding hydrogens is 220 g/mol. The molecule has 3 rings (SSSR count). The Labute approximate surface area is 98.6 Å². The Hall–Kier alpha value is -1.58. The van der Waals surface area contributed by atoms with E-state index in [4.69, 9.17) is 0 Å². The Bertz CT molecular complexity index is 412. The molecule has 3 aliphatic rings. The number of hydrogen-bond donors (Lipinski definition) is 2. The molecular formula is C13H14O4. The molecule has 0 atom stereocenters. The van der Waals surface area contributed by atoms with Crippen LogP contribution in [0.2, 0.25) is 0 Å². The fourth-order valence-electron chi connectivity index (χ4n) is 4.45. The molecule has 0 aliphatic heterocycles. The van der Waals surface area contributed by atoms with Gasteiger partial charge in [0, 0.05) is 10.8 Å². The maximum Gasteiger partial charge on any atom is 0.322 e. The molecule has 17 heavy (non-hydrogen) atoms. The van der Waals surface area contributed by atoms with Gasteiger partial charge in [0.05, 0.1) is 0 Å². The fourth-order valence-corrected chi connectivity index (χ4v) is 4.45. The average molecular weight is 234 g/mol. The first-order chi connectivity index (χ1) is 8.05. The van der Waals surface area contributed by atoms with Gasteiger partial charge in [-0.1, -0.05) is 24.3 Å². The molecule has 1 fully saturated rings. The highest BCUT2D eigenvalue weighted by atomic mass is 16.4. The standard InChI is InChI=1S/C13H14O4/c14-9(15)13(10(16)17)11-5-1-2-6-12(11,13)8-4-3-7-11/h1-4H,5-8H2,(H,14,15)(H,16,17). The summed E-state index contributed by atoms with van der Waals surface area (Å²) in [6, 6.07) is 0. The number of hydrogen-bond acceptors (Lipinski definition) is 2. The number of aliphatic carboxylic acids is 2. The second-order valence-corrected chi connectivity index (χ2v) is 5.28. The summed E-state index contributed by atoms with van der Waals surface area (Å²) in [4.78, 5) is 23.2. The molecule has 1 saturated carbocycles. The minimum atomic E-state index is -1.59. The van der Waals surface area contributed by atoms with Crippen LogP contribution in [0.25, 0.3) is 0 Å². The van der Waals surface area contributed by atoms with Gasteiger partial charge in [0.2, 0.25) is 0 Å². The zero-order valence-electron chi connectivity index (χ0n) is 9.35. The molecule has 90 valence electrons. The van der Waals surface area contributed by atoms with Gasteiger partial charge >= 0.3 is 11.9 Å². The van der Waals surface area contributed by atoms with E-state index >= 15 is 0 Å². The predicted octanol–water partition coefficient (Wildman–Crippen LogP) is 1.83. The molecule has 0 spiro atoms. The van der Waals surface area contributed by atoms with Crippen molar-refractivity contribution in [3.8, 4) is 0 Å². The minimum Gasteiger partial charge on any atom is -0.480 e. The van der Waals surface area contributed by atoms with Crippen molar-refractivity contribution in [2.75, 3.05) is 0 Å². The van der Waals surface area contributed by atoms with Crippen molar-refractivity contribution in [1.82, 2.24) is 0 Å². The zero-order chi connectivity index (χ0) is 12.3. The van der Waals surface area contributed by atoms with Gasteiger partial charge in [-0.05, 0) is 25.7 Å². The molecule has 0 radical (unpaired) electrons. The number of rotatable bonds is 2. The number of allylic oxidation sites excluding steroid dienone is 4. The zero-order valence-corrected chi connectivity index (χ0v) is 9.35. The summed E-state index contributed by atoms with van der Waals surface area (Å²) in [5.41, 5.74) is -2.78. The van der Waals surface area contributed by atoms with Crippen LogP contribution in [-0.4, -0.2) is 22.2 Å². The van der Waals surface area contributed by atoms with Crippen LogP contribution in [0.5, 0.6) is 0 Å². The third-order valence-corrected chi connectivity index (χ3v) is 5.13. The van der Waals surface area contributed by atoms with Crippen molar-refractivity contribution in [3.05, 3.63) is 24.3 Å². The maximum absolute atomic E-state index is 11.6. The van der Waals surface area contributed by atoms with E-state index < -0.39 is 28.2 Å². The molecule has 0 aromatic carbocycles. The lowest BCUT2D eigenvalue weighted by molar-refractivity contribution is -0.160. The largest absolute Gasteiger partial charge is 0.480 e. The van der Waals surface area contributed by atoms with Gasteiger partial charge in [0.15, 0.2) is 5.41 Å². The van der Waals surface area contributed by atoms with Crippen LogP contribution in [0, 0.1) is 16.2 Å². The first-order valence-corrected chi connectivity index (χ1v) is 5.82. The van der Waals surface area contributed by atoms with Gasteiger partial charge in [-0.15, -0.1) is 0 Å². The van der Waals surface area contributed by atoms with E-state index in [1.165, 1.54) is 0 Å². The second-order valence-electron chi connectivity index (χ2n) is 5.28. The molecule has 0 amide bonds. The van der Waals surface area contributed by atoms with Gasteiger partial charge < -0.3 is 10.2 Å². The molecule has 0 saturated heterocycles. The summed E-state index contributed by atoms with van der Waals surface area (Å²) in [7, 11) is 0. The monoisotopic (exact) mass is 234 g/mol. The van der Waals surface area contributed by atoms with Crippen LogP contribution in [0.15, 0.2) is 24.3 Å². The normalized spacial score (nSPS) is 40.2. The number of carbonyl (C=O) groups is 2. The van der Waals surface area contributed by atoms with Gasteiger partial charge in [-0.25, -0.2) is 0 Å². The van der Waals surface area contributed by atoms with Crippen molar-refractivity contribution in [2.24, 2.45) is 16.2 Å². The molecule has 4 nitrogen and oxygen atoms in total. The van der Waals surface area contributed by atoms with E-state index in [1.807, 2.05) is 24.3 Å². The van der Waals surface area contributed by atoms with E-state index in [0.29, 0.717) is 25.7 Å². The number of carboxylic acid groups (broad SMARTS) is 2. The Morgan fingerprint density at radius 1 is 0.765 bits per heavy atom. The summed E-state index contributed by atoms with van der Waals surface area (Å²) in [5, 5.41) is 19.0. The van der Waals surface area contributed by atoms with Crippen molar-refractivity contribution in [1.29, 1.82) is 0 Å². The van der Waals surface area contributed by atoms with Crippen molar-refractivity contribution >= 4 is 11.9 Å². The smallest absolute Gasteiger partial charge is 0.322 e. The predicted molar refractivity (Wildman–Crippen MR) is 59.3 cm³/mol. The summed E-state index contributed by atoms with van der Waals surface area (Å²) in [6.07, 6.45) is 10.0. The van der Waals surface area contributed by atoms with Gasteiger partial charge in [0.1, 0.15) is 0 Å². The minimum absolute atomic E-state index is 0.565. The molecule has 4 heteroatoms. The van der Waals surface area contributed by atoms with Crippen LogP contribution in [0.4, 0.5) is 0 Å². The Morgan fingerprint density at radius 2 is 1.06 bits per heavy atom. The van der Waals surface area contributed by atoms with Gasteiger partial charge in [-0.2, -0.15) is 0 Å². The Kier molecular flexibility index (Phi) is 1.74. The highest BCUT2D eigenvalue weighted by Crippen LogP contribution is 2.86. The lowest BCUT2D eigenvalue weighted by Gasteiger charge is -2.27. The SMILES string of the molecule is O=C(O)C1(C(=O)O)C23CC=CCC21CC=CC3. The van der Waals surface area contributed by atoms with Crippen LogP contribution >= 0.6 is 0 Å². The lowest BCUT2D eigenvalue weighted by Crippen LogP contribution is -2.33. The summed E-state index contributed by atoms with van der Waals surface area (Å²) in [6.45, 7) is 0. The average Bonchev–Trinajstić information content (AvgIpc) is 2.88. The Morgan fingerprint density at radius 3 is 1.29 bits per heavy atom. The van der Waals surface area contributed by atoms with E-state index in [1.54, 1.807) is 0 Å². The Balaban J connectivity index is 2.21. The van der Waals surface area contributed by atoms with E-state index in [9.17, 15) is 19.8 Å². The van der Waals surface area contributed by atoms with Crippen LogP contribution in [-0.2, 0) is 9.59 Å². The van der Waals surface area contributed by atoms with Crippen molar-refractivity contribution in [3.63, 3.8) is 0 Å². The maximum atomic E-state index is 11.6. The molecule has 3 aliphatic carbocycles. The fraction of sp³-hybridized carbons (Fsp3) is 0.538. The van der Waals surface area contributed by atoms with Gasteiger partial charge in [-0.3, -0.25) is 9.59 Å². The molecule has 0 aromatic heterocycles. The summed E-state index contributed by atoms with van der Waals surface area (Å²) < 4.78 is 0. The first kappa shape index (κ1) is 10.6.